The molecule has 2 heterocycles. The van der Waals surface area contributed by atoms with Gasteiger partial charge in [-0.3, -0.25) is 4.79 Å². The zero-order chi connectivity index (χ0) is 26.6. The van der Waals surface area contributed by atoms with E-state index in [-0.39, 0.29) is 46.5 Å². The molecular weight excluding hydrogens is 561 g/mol. The number of hydrogen-bond donors (Lipinski definition) is 2. The van der Waals surface area contributed by atoms with Gasteiger partial charge in [0.15, 0.2) is 0 Å². The first-order valence-electron chi connectivity index (χ1n) is 11.2. The van der Waals surface area contributed by atoms with E-state index in [2.05, 4.69) is 20.0 Å². The van der Waals surface area contributed by atoms with E-state index in [1.807, 2.05) is 0 Å². The summed E-state index contributed by atoms with van der Waals surface area (Å²) in [7, 11) is -7.48. The lowest BCUT2D eigenvalue weighted by Gasteiger charge is -2.30. The van der Waals surface area contributed by atoms with Crippen molar-refractivity contribution in [1.29, 1.82) is 0 Å². The molecule has 0 unspecified atom stereocenters. The van der Waals surface area contributed by atoms with Crippen molar-refractivity contribution in [2.45, 2.75) is 23.5 Å². The van der Waals surface area contributed by atoms with Crippen LogP contribution in [0.4, 0.5) is 11.6 Å². The number of anilines is 2. The van der Waals surface area contributed by atoms with E-state index in [4.69, 9.17) is 23.2 Å². The molecule has 14 heteroatoms. The van der Waals surface area contributed by atoms with Gasteiger partial charge in [0.25, 0.3) is 10.0 Å². The molecule has 2 aromatic carbocycles. The molecule has 4 rings (SSSR count). The summed E-state index contributed by atoms with van der Waals surface area (Å²) in [6.45, 7) is 0.429. The topological polar surface area (TPSA) is 138 Å². The number of piperidine rings is 1. The second-order valence-corrected chi connectivity index (χ2v) is 12.8. The lowest BCUT2D eigenvalue weighted by Crippen LogP contribution is -2.41. The monoisotopic (exact) mass is 583 g/mol. The van der Waals surface area contributed by atoms with Crippen molar-refractivity contribution < 1.29 is 21.6 Å². The SMILES string of the molecule is O=C(Nc1ccc(S(=O)(=O)Nc2ncccn2)cc1)C1CCN(S(=O)(=O)Cc2ccc(Cl)c(Cl)c2)CC1. The van der Waals surface area contributed by atoms with E-state index in [0.29, 0.717) is 29.1 Å². The maximum absolute atomic E-state index is 12.8. The maximum Gasteiger partial charge on any atom is 0.264 e. The number of rotatable bonds is 8. The van der Waals surface area contributed by atoms with Gasteiger partial charge in [-0.15, -0.1) is 0 Å². The molecule has 0 bridgehead atoms. The van der Waals surface area contributed by atoms with E-state index in [1.54, 1.807) is 18.2 Å². The molecule has 1 amide bonds. The average molecular weight is 585 g/mol. The summed E-state index contributed by atoms with van der Waals surface area (Å²) >= 11 is 11.9. The largest absolute Gasteiger partial charge is 0.326 e. The molecule has 37 heavy (non-hydrogen) atoms. The van der Waals surface area contributed by atoms with Crippen LogP contribution in [0.5, 0.6) is 0 Å². The highest BCUT2D eigenvalue weighted by Crippen LogP contribution is 2.27. The van der Waals surface area contributed by atoms with Crippen LogP contribution in [0.1, 0.15) is 18.4 Å². The van der Waals surface area contributed by atoms with E-state index >= 15 is 0 Å². The Bertz CT molecular complexity index is 1480. The van der Waals surface area contributed by atoms with Crippen LogP contribution < -0.4 is 10.0 Å². The van der Waals surface area contributed by atoms with Crippen LogP contribution in [0.25, 0.3) is 0 Å². The fraction of sp³-hybridized carbons (Fsp3) is 0.261. The highest BCUT2D eigenvalue weighted by atomic mass is 35.5. The molecule has 1 aliphatic heterocycles. The maximum atomic E-state index is 12.8. The molecule has 3 aromatic rings. The Morgan fingerprint density at radius 2 is 1.59 bits per heavy atom. The highest BCUT2D eigenvalue weighted by Gasteiger charge is 2.31. The van der Waals surface area contributed by atoms with E-state index < -0.39 is 20.0 Å². The number of nitrogens with zero attached hydrogens (tertiary/aromatic N) is 3. The minimum absolute atomic E-state index is 0.0153. The summed E-state index contributed by atoms with van der Waals surface area (Å²) in [6, 6.07) is 12.0. The highest BCUT2D eigenvalue weighted by molar-refractivity contribution is 7.92. The van der Waals surface area contributed by atoms with Crippen LogP contribution >= 0.6 is 23.2 Å². The number of halogens is 2. The lowest BCUT2D eigenvalue weighted by atomic mass is 9.97. The minimum atomic E-state index is -3.89. The number of aromatic nitrogens is 2. The molecule has 1 aliphatic rings. The Kier molecular flexibility index (Phi) is 8.34. The van der Waals surface area contributed by atoms with Crippen molar-refractivity contribution in [3.63, 3.8) is 0 Å². The standard InChI is InChI=1S/C23H23Cl2N5O5S2/c24-20-7-2-16(14-21(20)25)15-36(32,33)30-12-8-17(9-13-30)22(31)28-18-3-5-19(6-4-18)37(34,35)29-23-26-10-1-11-27-23/h1-7,10-11,14,17H,8-9,12-13,15H2,(H,28,31)(H,26,27,29). The first kappa shape index (κ1) is 27.3. The molecule has 196 valence electrons. The Labute approximate surface area is 225 Å². The lowest BCUT2D eigenvalue weighted by molar-refractivity contribution is -0.120. The molecule has 1 saturated heterocycles. The third-order valence-electron chi connectivity index (χ3n) is 5.77. The summed E-state index contributed by atoms with van der Waals surface area (Å²) < 4.78 is 54.3. The van der Waals surface area contributed by atoms with Gasteiger partial charge in [-0.2, -0.15) is 0 Å². The predicted molar refractivity (Wildman–Crippen MR) is 141 cm³/mol. The Morgan fingerprint density at radius 1 is 0.946 bits per heavy atom. The van der Waals surface area contributed by atoms with Gasteiger partial charge in [-0.1, -0.05) is 29.3 Å². The molecule has 0 saturated carbocycles. The fourth-order valence-corrected chi connectivity index (χ4v) is 6.65. The Hall–Kier alpha value is -2.77. The van der Waals surface area contributed by atoms with Gasteiger partial charge in [-0.05, 0) is 60.9 Å². The van der Waals surface area contributed by atoms with Crippen molar-refractivity contribution in [1.82, 2.24) is 14.3 Å². The van der Waals surface area contributed by atoms with Crippen molar-refractivity contribution in [2.24, 2.45) is 5.92 Å². The van der Waals surface area contributed by atoms with Crippen molar-refractivity contribution in [2.75, 3.05) is 23.1 Å². The predicted octanol–water partition coefficient (Wildman–Crippen LogP) is 3.76. The van der Waals surface area contributed by atoms with E-state index in [9.17, 15) is 21.6 Å². The molecule has 0 spiro atoms. The minimum Gasteiger partial charge on any atom is -0.326 e. The van der Waals surface area contributed by atoms with E-state index in [0.717, 1.165) is 0 Å². The Morgan fingerprint density at radius 3 is 2.22 bits per heavy atom. The van der Waals surface area contributed by atoms with Crippen LogP contribution in [-0.4, -0.2) is 50.1 Å². The molecule has 0 aliphatic carbocycles. The molecular formula is C23H23Cl2N5O5S2. The van der Waals surface area contributed by atoms with Crippen LogP contribution in [-0.2, 0) is 30.6 Å². The fourth-order valence-electron chi connectivity index (χ4n) is 3.82. The smallest absolute Gasteiger partial charge is 0.264 e. The molecule has 0 atom stereocenters. The molecule has 10 nitrogen and oxygen atoms in total. The van der Waals surface area contributed by atoms with Crippen LogP contribution in [0.15, 0.2) is 65.8 Å². The number of carbonyl (C=O) groups is 1. The zero-order valence-corrected chi connectivity index (χ0v) is 22.5. The summed E-state index contributed by atoms with van der Waals surface area (Å²) in [5, 5.41) is 3.41. The van der Waals surface area contributed by atoms with Gasteiger partial charge < -0.3 is 5.32 Å². The molecule has 1 aromatic heterocycles. The van der Waals surface area contributed by atoms with Crippen molar-refractivity contribution in [3.8, 4) is 0 Å². The van der Waals surface area contributed by atoms with Gasteiger partial charge >= 0.3 is 0 Å². The third kappa shape index (κ3) is 6.96. The second kappa shape index (κ2) is 11.3. The number of hydrogen-bond acceptors (Lipinski definition) is 7. The first-order chi connectivity index (χ1) is 17.5. The van der Waals surface area contributed by atoms with Crippen molar-refractivity contribution >= 4 is 60.8 Å². The second-order valence-electron chi connectivity index (χ2n) is 8.37. The van der Waals surface area contributed by atoms with Crippen LogP contribution in [0, 0.1) is 5.92 Å². The van der Waals surface area contributed by atoms with E-state index in [1.165, 1.54) is 47.0 Å². The number of nitrogens with one attached hydrogen (secondary N) is 2. The van der Waals surface area contributed by atoms with Gasteiger partial charge in [0.1, 0.15) is 0 Å². The van der Waals surface area contributed by atoms with Crippen molar-refractivity contribution in [3.05, 3.63) is 76.5 Å². The first-order valence-corrected chi connectivity index (χ1v) is 15.0. The average Bonchev–Trinajstić information content (AvgIpc) is 2.87. The van der Waals surface area contributed by atoms with Gasteiger partial charge in [0.2, 0.25) is 21.9 Å². The summed E-state index contributed by atoms with van der Waals surface area (Å²) in [6.07, 6.45) is 3.55. The number of carbonyl (C=O) groups excluding carboxylic acids is 1. The van der Waals surface area contributed by atoms with Crippen LogP contribution in [0.2, 0.25) is 10.0 Å². The van der Waals surface area contributed by atoms with Gasteiger partial charge in [-0.25, -0.2) is 35.8 Å². The number of amides is 1. The van der Waals surface area contributed by atoms with Gasteiger partial charge in [0, 0.05) is 37.1 Å². The summed E-state index contributed by atoms with van der Waals surface area (Å²) in [5.41, 5.74) is 0.959. The number of sulfonamides is 2. The molecule has 0 radical (unpaired) electrons. The van der Waals surface area contributed by atoms with Gasteiger partial charge in [0.05, 0.1) is 20.7 Å². The quantitative estimate of drug-likeness (QED) is 0.411. The van der Waals surface area contributed by atoms with Crippen LogP contribution in [0.3, 0.4) is 0 Å². The summed E-state index contributed by atoms with van der Waals surface area (Å²) in [4.78, 5) is 20.4. The Balaban J connectivity index is 1.31. The zero-order valence-electron chi connectivity index (χ0n) is 19.3. The normalized spacial score (nSPS) is 15.3. The molecule has 1 fully saturated rings. The summed E-state index contributed by atoms with van der Waals surface area (Å²) in [5.74, 6) is -0.892. The molecule has 2 N–H and O–H groups in total. The third-order valence-corrected chi connectivity index (χ3v) is 9.71. The number of benzene rings is 2.